The summed E-state index contributed by atoms with van der Waals surface area (Å²) < 4.78 is 5.23. The summed E-state index contributed by atoms with van der Waals surface area (Å²) in [5.41, 5.74) is 1.04. The maximum Gasteiger partial charge on any atom is 0.226 e. The minimum atomic E-state index is -0.484. The van der Waals surface area contributed by atoms with Gasteiger partial charge < -0.3 is 14.8 Å². The summed E-state index contributed by atoms with van der Waals surface area (Å²) in [6.45, 7) is 0. The second kappa shape index (κ2) is 7.92. The largest absolute Gasteiger partial charge is 0.502 e. The number of aromatic hydroxyl groups is 1. The fraction of sp³-hybridized carbons (Fsp3) is 0.0500. The molecule has 0 saturated heterocycles. The van der Waals surface area contributed by atoms with Crippen molar-refractivity contribution in [1.82, 2.24) is 9.97 Å². The van der Waals surface area contributed by atoms with Gasteiger partial charge in [0.05, 0.1) is 22.0 Å². The molecule has 2 heterocycles. The Morgan fingerprint density at radius 2 is 1.89 bits per heavy atom. The van der Waals surface area contributed by atoms with Gasteiger partial charge in [-0.05, 0) is 24.3 Å². The molecule has 0 radical (unpaired) electrons. The van der Waals surface area contributed by atoms with Crippen molar-refractivity contribution in [1.29, 1.82) is 0 Å². The first-order chi connectivity index (χ1) is 13.6. The van der Waals surface area contributed by atoms with E-state index in [0.717, 1.165) is 22.9 Å². The highest BCUT2D eigenvalue weighted by atomic mass is 35.5. The van der Waals surface area contributed by atoms with Crippen LogP contribution >= 0.6 is 23.4 Å². The molecular weight excluding hydrogens is 398 g/mol. The minimum absolute atomic E-state index is 0.347. The van der Waals surface area contributed by atoms with Gasteiger partial charge >= 0.3 is 0 Å². The van der Waals surface area contributed by atoms with Crippen molar-refractivity contribution < 1.29 is 9.52 Å². The van der Waals surface area contributed by atoms with Crippen LogP contribution in [0.4, 0.5) is 11.5 Å². The van der Waals surface area contributed by atoms with Crippen molar-refractivity contribution in [3.8, 4) is 5.75 Å². The van der Waals surface area contributed by atoms with E-state index in [1.165, 1.54) is 17.8 Å². The molecule has 0 saturated carbocycles. The third-order valence-electron chi connectivity index (χ3n) is 3.92. The van der Waals surface area contributed by atoms with Crippen LogP contribution in [-0.4, -0.2) is 15.1 Å². The number of hydrogen-bond acceptors (Lipinski definition) is 7. The van der Waals surface area contributed by atoms with Crippen LogP contribution in [0.25, 0.3) is 10.9 Å². The van der Waals surface area contributed by atoms with Crippen LogP contribution in [0.2, 0.25) is 5.02 Å². The van der Waals surface area contributed by atoms with E-state index in [4.69, 9.17) is 16.0 Å². The number of hydrogen-bond donors (Lipinski definition) is 2. The highest BCUT2D eigenvalue weighted by Crippen LogP contribution is 2.30. The van der Waals surface area contributed by atoms with E-state index < -0.39 is 11.2 Å². The number of para-hydroxylation sites is 2. The van der Waals surface area contributed by atoms with Gasteiger partial charge in [0.1, 0.15) is 17.8 Å². The first-order valence-corrected chi connectivity index (χ1v) is 9.68. The van der Waals surface area contributed by atoms with E-state index in [2.05, 4.69) is 15.3 Å². The lowest BCUT2D eigenvalue weighted by Crippen LogP contribution is -2.01. The molecule has 2 aromatic carbocycles. The number of fused-ring (bicyclic) bond motifs is 1. The summed E-state index contributed by atoms with van der Waals surface area (Å²) in [5, 5.41) is 14.5. The summed E-state index contributed by atoms with van der Waals surface area (Å²) >= 11 is 7.58. The molecule has 0 aliphatic rings. The van der Waals surface area contributed by atoms with E-state index in [9.17, 15) is 9.90 Å². The van der Waals surface area contributed by atoms with Gasteiger partial charge in [-0.25, -0.2) is 9.97 Å². The topological polar surface area (TPSA) is 88.3 Å². The van der Waals surface area contributed by atoms with Gasteiger partial charge in [-0.3, -0.25) is 4.79 Å². The summed E-state index contributed by atoms with van der Waals surface area (Å²) in [6.07, 6.45) is 1.03. The first kappa shape index (κ1) is 18.3. The lowest BCUT2D eigenvalue weighted by molar-refractivity contribution is 0.419. The molecule has 0 atom stereocenters. The lowest BCUT2D eigenvalue weighted by Gasteiger charge is -2.11. The minimum Gasteiger partial charge on any atom is -0.502 e. The SMILES string of the molecule is O=c1cc(CSc2nc(Nc3ccccc3Cl)c3ccccc3n2)occ1O. The summed E-state index contributed by atoms with van der Waals surface area (Å²) in [5.74, 6) is 0.986. The number of thioether (sulfide) groups is 1. The Kier molecular flexibility index (Phi) is 5.18. The normalized spacial score (nSPS) is 10.9. The zero-order valence-electron chi connectivity index (χ0n) is 14.4. The van der Waals surface area contributed by atoms with Gasteiger partial charge in [-0.1, -0.05) is 47.6 Å². The van der Waals surface area contributed by atoms with Crippen LogP contribution in [0.3, 0.4) is 0 Å². The molecule has 0 aliphatic carbocycles. The van der Waals surface area contributed by atoms with Gasteiger partial charge in [0.25, 0.3) is 0 Å². The Balaban J connectivity index is 1.66. The van der Waals surface area contributed by atoms with Gasteiger partial charge in [0.2, 0.25) is 5.43 Å². The number of benzene rings is 2. The predicted molar refractivity (Wildman–Crippen MR) is 110 cm³/mol. The maximum atomic E-state index is 11.5. The van der Waals surface area contributed by atoms with Crippen molar-refractivity contribution in [2.24, 2.45) is 0 Å². The zero-order valence-corrected chi connectivity index (χ0v) is 16.0. The van der Waals surface area contributed by atoms with Crippen LogP contribution in [0.1, 0.15) is 5.76 Å². The fourth-order valence-corrected chi connectivity index (χ4v) is 3.48. The molecule has 0 amide bonds. The molecule has 2 aromatic heterocycles. The number of rotatable bonds is 5. The Hall–Kier alpha value is -3.03. The number of halogens is 1. The third kappa shape index (κ3) is 3.95. The number of anilines is 2. The van der Waals surface area contributed by atoms with E-state index in [-0.39, 0.29) is 0 Å². The van der Waals surface area contributed by atoms with Crippen LogP contribution in [0.15, 0.2) is 75.2 Å². The maximum absolute atomic E-state index is 11.5. The molecular formula is C20H14ClN3O3S. The fourth-order valence-electron chi connectivity index (χ4n) is 2.56. The summed E-state index contributed by atoms with van der Waals surface area (Å²) in [7, 11) is 0. The van der Waals surface area contributed by atoms with E-state index in [0.29, 0.717) is 27.5 Å². The van der Waals surface area contributed by atoms with Crippen molar-refractivity contribution in [2.75, 3.05) is 5.32 Å². The van der Waals surface area contributed by atoms with Gasteiger partial charge in [0, 0.05) is 11.5 Å². The molecule has 6 nitrogen and oxygen atoms in total. The van der Waals surface area contributed by atoms with E-state index >= 15 is 0 Å². The van der Waals surface area contributed by atoms with Crippen LogP contribution in [-0.2, 0) is 5.75 Å². The third-order valence-corrected chi connectivity index (χ3v) is 5.12. The number of nitrogens with zero attached hydrogens (tertiary/aromatic N) is 2. The smallest absolute Gasteiger partial charge is 0.226 e. The van der Waals surface area contributed by atoms with E-state index in [1.54, 1.807) is 6.07 Å². The Bertz CT molecular complexity index is 1210. The first-order valence-electron chi connectivity index (χ1n) is 8.32. The van der Waals surface area contributed by atoms with E-state index in [1.807, 2.05) is 42.5 Å². The zero-order chi connectivity index (χ0) is 19.5. The lowest BCUT2D eigenvalue weighted by atomic mass is 10.2. The Labute approximate surface area is 169 Å². The van der Waals surface area contributed by atoms with Crippen LogP contribution < -0.4 is 10.7 Å². The van der Waals surface area contributed by atoms with Crippen molar-refractivity contribution in [2.45, 2.75) is 10.9 Å². The number of nitrogens with one attached hydrogen (secondary N) is 1. The molecule has 4 rings (SSSR count). The molecule has 0 spiro atoms. The molecule has 28 heavy (non-hydrogen) atoms. The monoisotopic (exact) mass is 411 g/mol. The van der Waals surface area contributed by atoms with Crippen molar-refractivity contribution in [3.63, 3.8) is 0 Å². The standard InChI is InChI=1S/C20H14ClN3O3S/c21-14-6-2-4-8-16(14)22-19-13-5-1-3-7-15(13)23-20(24-19)28-11-12-9-17(25)18(26)10-27-12/h1-10,26H,11H2,(H,22,23,24). The Morgan fingerprint density at radius 3 is 2.71 bits per heavy atom. The average molecular weight is 412 g/mol. The van der Waals surface area contributed by atoms with Crippen molar-refractivity contribution in [3.05, 3.63) is 81.9 Å². The molecule has 4 aromatic rings. The molecule has 0 bridgehead atoms. The number of aromatic nitrogens is 2. The molecule has 2 N–H and O–H groups in total. The molecule has 0 fully saturated rings. The quantitative estimate of drug-likeness (QED) is 0.353. The molecule has 0 unspecified atom stereocenters. The van der Waals surface area contributed by atoms with Crippen LogP contribution in [0, 0.1) is 0 Å². The molecule has 0 aliphatic heterocycles. The van der Waals surface area contributed by atoms with Gasteiger partial charge in [-0.15, -0.1) is 0 Å². The summed E-state index contributed by atoms with van der Waals surface area (Å²) in [4.78, 5) is 20.7. The second-order valence-corrected chi connectivity index (χ2v) is 7.21. The molecule has 8 heteroatoms. The summed E-state index contributed by atoms with van der Waals surface area (Å²) in [6, 6.07) is 16.3. The van der Waals surface area contributed by atoms with Gasteiger partial charge in [-0.2, -0.15) is 0 Å². The predicted octanol–water partition coefficient (Wildman–Crippen LogP) is 4.98. The van der Waals surface area contributed by atoms with Gasteiger partial charge in [0.15, 0.2) is 10.9 Å². The second-order valence-electron chi connectivity index (χ2n) is 5.86. The molecule has 140 valence electrons. The average Bonchev–Trinajstić information content (AvgIpc) is 2.70. The van der Waals surface area contributed by atoms with Crippen molar-refractivity contribution >= 4 is 45.8 Å². The highest BCUT2D eigenvalue weighted by Gasteiger charge is 2.11. The van der Waals surface area contributed by atoms with Crippen LogP contribution in [0.5, 0.6) is 5.75 Å². The Morgan fingerprint density at radius 1 is 1.11 bits per heavy atom. The highest BCUT2D eigenvalue weighted by molar-refractivity contribution is 7.98.